The van der Waals surface area contributed by atoms with E-state index in [-0.39, 0.29) is 29.1 Å². The van der Waals surface area contributed by atoms with Crippen LogP contribution in [-0.2, 0) is 16.6 Å². The fourth-order valence-electron chi connectivity index (χ4n) is 4.10. The van der Waals surface area contributed by atoms with Gasteiger partial charge in [-0.15, -0.1) is 10.2 Å². The highest BCUT2D eigenvalue weighted by molar-refractivity contribution is 7.89. The molecule has 0 radical (unpaired) electrons. The lowest BCUT2D eigenvalue weighted by Gasteiger charge is -2.34. The predicted octanol–water partition coefficient (Wildman–Crippen LogP) is 1.53. The van der Waals surface area contributed by atoms with Crippen LogP contribution in [0.3, 0.4) is 0 Å². The lowest BCUT2D eigenvalue weighted by atomic mass is 10.1. The zero-order valence-electron chi connectivity index (χ0n) is 20.9. The number of carbonyl (C=O) groups excluding carboxylic acids is 1. The number of carbonyl (C=O) groups is 1. The zero-order chi connectivity index (χ0) is 25.8. The summed E-state index contributed by atoms with van der Waals surface area (Å²) in [6, 6.07) is 3.34. The highest BCUT2D eigenvalue weighted by Crippen LogP contribution is 2.28. The van der Waals surface area contributed by atoms with Crippen molar-refractivity contribution in [3.05, 3.63) is 46.8 Å². The second-order valence-corrected chi connectivity index (χ2v) is 10.6. The van der Waals surface area contributed by atoms with Gasteiger partial charge in [-0.3, -0.25) is 9.69 Å². The normalized spacial score (nSPS) is 15.6. The number of methoxy groups -OCH3 is 1. The van der Waals surface area contributed by atoms with Gasteiger partial charge >= 0.3 is 11.8 Å². The minimum atomic E-state index is -3.84. The molecule has 1 aliphatic heterocycles. The van der Waals surface area contributed by atoms with E-state index in [9.17, 15) is 13.2 Å². The number of nitrogens with zero attached hydrogens (tertiary/aromatic N) is 5. The predicted molar refractivity (Wildman–Crippen MR) is 130 cm³/mol. The van der Waals surface area contributed by atoms with E-state index in [1.807, 2.05) is 13.0 Å². The summed E-state index contributed by atoms with van der Waals surface area (Å²) in [6.07, 6.45) is 2.88. The Morgan fingerprint density at radius 2 is 1.83 bits per heavy atom. The van der Waals surface area contributed by atoms with Crippen LogP contribution in [0.15, 0.2) is 33.2 Å². The molecule has 2 heterocycles. The summed E-state index contributed by atoms with van der Waals surface area (Å²) < 4.78 is 38.3. The molecule has 0 spiro atoms. The Morgan fingerprint density at radius 3 is 2.40 bits per heavy atom. The summed E-state index contributed by atoms with van der Waals surface area (Å²) in [7, 11) is -0.877. The van der Waals surface area contributed by atoms with Crippen molar-refractivity contribution in [3.8, 4) is 5.75 Å². The first-order chi connectivity index (χ1) is 16.6. The van der Waals surface area contributed by atoms with E-state index in [1.165, 1.54) is 14.2 Å². The molecular formula is C23H34N6O5S. The van der Waals surface area contributed by atoms with Crippen molar-refractivity contribution in [3.63, 3.8) is 0 Å². The summed E-state index contributed by atoms with van der Waals surface area (Å²) >= 11 is 0. The van der Waals surface area contributed by atoms with Crippen LogP contribution in [0.4, 0.5) is 0 Å². The second kappa shape index (κ2) is 11.2. The number of sulfonamides is 1. The van der Waals surface area contributed by atoms with E-state index in [0.29, 0.717) is 49.6 Å². The quantitative estimate of drug-likeness (QED) is 0.537. The van der Waals surface area contributed by atoms with Crippen LogP contribution in [0.5, 0.6) is 5.75 Å². The number of nitrogens with two attached hydrogens (primary N) is 1. The lowest BCUT2D eigenvalue weighted by molar-refractivity contribution is 0.0606. The highest BCUT2D eigenvalue weighted by atomic mass is 32.2. The molecule has 1 aromatic heterocycles. The van der Waals surface area contributed by atoms with E-state index in [4.69, 9.17) is 14.9 Å². The molecule has 35 heavy (non-hydrogen) atoms. The van der Waals surface area contributed by atoms with Gasteiger partial charge in [0.1, 0.15) is 5.75 Å². The van der Waals surface area contributed by atoms with E-state index in [1.54, 1.807) is 30.9 Å². The largest absolute Gasteiger partial charge is 0.497 e. The third kappa shape index (κ3) is 6.19. The van der Waals surface area contributed by atoms with E-state index < -0.39 is 10.0 Å². The molecule has 0 unspecified atom stereocenters. The van der Waals surface area contributed by atoms with Crippen LogP contribution >= 0.6 is 0 Å². The molecule has 1 amide bonds. The van der Waals surface area contributed by atoms with Gasteiger partial charge in [0.05, 0.1) is 18.6 Å². The third-order valence-electron chi connectivity index (χ3n) is 5.88. The molecule has 2 N–H and O–H groups in total. The smallest absolute Gasteiger partial charge is 0.311 e. The molecule has 2 aromatic rings. The lowest BCUT2D eigenvalue weighted by Crippen LogP contribution is -2.49. The Labute approximate surface area is 206 Å². The Hall–Kier alpha value is -2.96. The summed E-state index contributed by atoms with van der Waals surface area (Å²) in [4.78, 5) is 16.9. The number of aromatic nitrogens is 2. The maximum Gasteiger partial charge on any atom is 0.311 e. The molecule has 12 heteroatoms. The molecule has 1 saturated heterocycles. The van der Waals surface area contributed by atoms with E-state index in [0.717, 1.165) is 16.4 Å². The number of hydrogen-bond donors (Lipinski definition) is 1. The molecule has 1 aliphatic rings. The van der Waals surface area contributed by atoms with Crippen molar-refractivity contribution in [2.45, 2.75) is 38.6 Å². The van der Waals surface area contributed by atoms with Crippen molar-refractivity contribution in [2.24, 2.45) is 5.73 Å². The fourth-order valence-corrected chi connectivity index (χ4v) is 5.62. The molecule has 3 rings (SSSR count). The van der Waals surface area contributed by atoms with Crippen LogP contribution in [0.1, 0.15) is 41.0 Å². The molecule has 1 fully saturated rings. The highest BCUT2D eigenvalue weighted by Gasteiger charge is 2.29. The average molecular weight is 507 g/mol. The minimum Gasteiger partial charge on any atom is -0.497 e. The van der Waals surface area contributed by atoms with Crippen molar-refractivity contribution in [1.82, 2.24) is 24.3 Å². The third-order valence-corrected chi connectivity index (χ3v) is 7.99. The molecule has 0 saturated carbocycles. The molecule has 11 nitrogen and oxygen atoms in total. The summed E-state index contributed by atoms with van der Waals surface area (Å²) in [5.74, 6) is 0.108. The van der Waals surface area contributed by atoms with Crippen LogP contribution in [-0.4, -0.2) is 85.5 Å². The molecule has 0 bridgehead atoms. The van der Waals surface area contributed by atoms with Gasteiger partial charge < -0.3 is 19.8 Å². The fraction of sp³-hybridized carbons (Fsp3) is 0.522. The molecule has 1 aromatic carbocycles. The molecule has 192 valence electrons. The summed E-state index contributed by atoms with van der Waals surface area (Å²) in [5, 5.41) is 7.76. The maximum absolute atomic E-state index is 13.2. The zero-order valence-corrected chi connectivity index (χ0v) is 21.8. The summed E-state index contributed by atoms with van der Waals surface area (Å²) in [6.45, 7) is 8.39. The molecule has 0 aliphatic carbocycles. The van der Waals surface area contributed by atoms with Crippen molar-refractivity contribution >= 4 is 15.9 Å². The van der Waals surface area contributed by atoms with Gasteiger partial charge in [-0.25, -0.2) is 8.42 Å². The number of ether oxygens (including phenoxy) is 1. The van der Waals surface area contributed by atoms with Gasteiger partial charge in [0.25, 0.3) is 0 Å². The van der Waals surface area contributed by atoms with Gasteiger partial charge in [0.15, 0.2) is 0 Å². The summed E-state index contributed by atoms with van der Waals surface area (Å²) in [5.41, 5.74) is 7.96. The molecule has 0 atom stereocenters. The van der Waals surface area contributed by atoms with Crippen LogP contribution < -0.4 is 10.5 Å². The van der Waals surface area contributed by atoms with E-state index in [2.05, 4.69) is 15.1 Å². The van der Waals surface area contributed by atoms with Crippen molar-refractivity contribution < 1.29 is 22.4 Å². The van der Waals surface area contributed by atoms with Crippen LogP contribution in [0.25, 0.3) is 0 Å². The number of hydrogen-bond acceptors (Lipinski definition) is 9. The van der Waals surface area contributed by atoms with Gasteiger partial charge in [0, 0.05) is 45.5 Å². The SMILES string of the molecule is CC/C=C(\N)CN1CCN(C(=O)c2nnc(CN(C)S(=O)(=O)c3c(C)cc(OC)cc3C)o2)CC1. The number of rotatable bonds is 9. The van der Waals surface area contributed by atoms with Crippen LogP contribution in [0, 0.1) is 13.8 Å². The topological polar surface area (TPSA) is 135 Å². The molecular weight excluding hydrogens is 472 g/mol. The van der Waals surface area contributed by atoms with Gasteiger partial charge in [-0.2, -0.15) is 4.31 Å². The monoisotopic (exact) mass is 506 g/mol. The number of amides is 1. The first-order valence-electron chi connectivity index (χ1n) is 11.5. The van der Waals surface area contributed by atoms with Gasteiger partial charge in [0.2, 0.25) is 15.9 Å². The average Bonchev–Trinajstić information content (AvgIpc) is 3.27. The van der Waals surface area contributed by atoms with E-state index >= 15 is 0 Å². The van der Waals surface area contributed by atoms with Gasteiger partial charge in [-0.1, -0.05) is 13.0 Å². The Bertz CT molecular complexity index is 1160. The first-order valence-corrected chi connectivity index (χ1v) is 12.9. The number of allylic oxidation sites excluding steroid dienone is 1. The standard InChI is InChI=1S/C23H34N6O5S/c1-6-7-18(24)14-28-8-10-29(11-9-28)23(30)22-26-25-20(34-22)15-27(4)35(31,32)21-16(2)12-19(33-5)13-17(21)3/h7,12-13H,6,8-11,14-15,24H2,1-5H3/b18-7-. The minimum absolute atomic E-state index is 0.0411. The Kier molecular flexibility index (Phi) is 8.51. The van der Waals surface area contributed by atoms with Crippen molar-refractivity contribution in [1.29, 1.82) is 0 Å². The second-order valence-electron chi connectivity index (χ2n) is 8.61. The number of piperazine rings is 1. The Balaban J connectivity index is 1.64. The number of aryl methyl sites for hydroxylation is 2. The van der Waals surface area contributed by atoms with Gasteiger partial charge in [-0.05, 0) is 43.5 Å². The maximum atomic E-state index is 13.2. The van der Waals surface area contributed by atoms with Crippen LogP contribution in [0.2, 0.25) is 0 Å². The first kappa shape index (κ1) is 26.6. The Morgan fingerprint density at radius 1 is 1.20 bits per heavy atom. The number of benzene rings is 1. The van der Waals surface area contributed by atoms with Crippen molar-refractivity contribution in [2.75, 3.05) is 46.9 Å².